The second kappa shape index (κ2) is 5.90. The van der Waals surface area contributed by atoms with E-state index in [4.69, 9.17) is 4.74 Å². The van der Waals surface area contributed by atoms with E-state index in [2.05, 4.69) is 44.2 Å². The van der Waals surface area contributed by atoms with Gasteiger partial charge in [0.2, 0.25) is 0 Å². The highest BCUT2D eigenvalue weighted by Crippen LogP contribution is 2.29. The Morgan fingerprint density at radius 2 is 1.90 bits per heavy atom. The first-order chi connectivity index (χ1) is 10.1. The van der Waals surface area contributed by atoms with Crippen molar-refractivity contribution in [2.24, 2.45) is 0 Å². The molecule has 0 radical (unpaired) electrons. The van der Waals surface area contributed by atoms with Crippen molar-refractivity contribution in [1.29, 1.82) is 0 Å². The van der Waals surface area contributed by atoms with Crippen LogP contribution < -0.4 is 4.74 Å². The van der Waals surface area contributed by atoms with Crippen molar-refractivity contribution in [2.45, 2.75) is 39.2 Å². The van der Waals surface area contributed by atoms with Crippen LogP contribution in [0, 0.1) is 13.8 Å². The molecule has 1 heterocycles. The molecule has 0 aliphatic carbocycles. The molecule has 2 aromatic rings. The number of aryl methyl sites for hydroxylation is 3. The maximum atomic E-state index is 10.5. The SMILES string of the molecule is Cc1cccc(C)c1C(O)CCc1ccc2c(c1)CCO2. The van der Waals surface area contributed by atoms with E-state index >= 15 is 0 Å². The van der Waals surface area contributed by atoms with E-state index in [1.807, 2.05) is 6.07 Å². The van der Waals surface area contributed by atoms with Crippen LogP contribution in [0.4, 0.5) is 0 Å². The van der Waals surface area contributed by atoms with E-state index < -0.39 is 6.10 Å². The molecule has 2 aromatic carbocycles. The van der Waals surface area contributed by atoms with Crippen molar-refractivity contribution in [3.8, 4) is 5.75 Å². The van der Waals surface area contributed by atoms with Crippen LogP contribution in [-0.2, 0) is 12.8 Å². The van der Waals surface area contributed by atoms with E-state index in [0.717, 1.165) is 37.2 Å². The lowest BCUT2D eigenvalue weighted by Gasteiger charge is -2.16. The van der Waals surface area contributed by atoms with Crippen LogP contribution in [0.5, 0.6) is 5.75 Å². The zero-order valence-corrected chi connectivity index (χ0v) is 12.7. The summed E-state index contributed by atoms with van der Waals surface area (Å²) in [6.45, 7) is 4.93. The first-order valence-corrected chi connectivity index (χ1v) is 7.64. The Bertz CT molecular complexity index is 626. The van der Waals surface area contributed by atoms with E-state index in [1.165, 1.54) is 22.3 Å². The molecule has 0 fully saturated rings. The van der Waals surface area contributed by atoms with Gasteiger partial charge >= 0.3 is 0 Å². The van der Waals surface area contributed by atoms with Crippen molar-refractivity contribution < 1.29 is 9.84 Å². The third kappa shape index (κ3) is 2.96. The average molecular weight is 282 g/mol. The lowest BCUT2D eigenvalue weighted by Crippen LogP contribution is -2.04. The summed E-state index contributed by atoms with van der Waals surface area (Å²) in [6, 6.07) is 12.6. The Balaban J connectivity index is 1.70. The van der Waals surface area contributed by atoms with Gasteiger partial charge in [-0.25, -0.2) is 0 Å². The fourth-order valence-corrected chi connectivity index (χ4v) is 3.20. The Kier molecular flexibility index (Phi) is 3.98. The van der Waals surface area contributed by atoms with Crippen LogP contribution in [0.25, 0.3) is 0 Å². The van der Waals surface area contributed by atoms with Crippen LogP contribution in [0.1, 0.15) is 40.3 Å². The van der Waals surface area contributed by atoms with Gasteiger partial charge in [-0.15, -0.1) is 0 Å². The Labute approximate surface area is 126 Å². The summed E-state index contributed by atoms with van der Waals surface area (Å²) in [7, 11) is 0. The fraction of sp³-hybridized carbons (Fsp3) is 0.368. The minimum atomic E-state index is -0.393. The Hall–Kier alpha value is -1.80. The van der Waals surface area contributed by atoms with E-state index in [0.29, 0.717) is 0 Å². The minimum absolute atomic E-state index is 0.393. The number of aliphatic hydroxyl groups is 1. The number of aliphatic hydroxyl groups excluding tert-OH is 1. The summed E-state index contributed by atoms with van der Waals surface area (Å²) in [4.78, 5) is 0. The van der Waals surface area contributed by atoms with Gasteiger partial charge in [0.05, 0.1) is 12.7 Å². The maximum Gasteiger partial charge on any atom is 0.122 e. The van der Waals surface area contributed by atoms with Gasteiger partial charge < -0.3 is 9.84 Å². The van der Waals surface area contributed by atoms with E-state index in [9.17, 15) is 5.11 Å². The summed E-state index contributed by atoms with van der Waals surface area (Å²) in [5.41, 5.74) is 6.01. The molecular weight excluding hydrogens is 260 g/mol. The minimum Gasteiger partial charge on any atom is -0.493 e. The first kappa shape index (κ1) is 14.2. The molecule has 1 aliphatic heterocycles. The van der Waals surface area contributed by atoms with Gasteiger partial charge in [0.1, 0.15) is 5.75 Å². The molecule has 0 amide bonds. The Morgan fingerprint density at radius 3 is 2.67 bits per heavy atom. The summed E-state index contributed by atoms with van der Waals surface area (Å²) in [5, 5.41) is 10.5. The molecule has 2 heteroatoms. The average Bonchev–Trinajstić information content (AvgIpc) is 2.92. The van der Waals surface area contributed by atoms with Gasteiger partial charge in [-0.3, -0.25) is 0 Å². The predicted octanol–water partition coefficient (Wildman–Crippen LogP) is 3.90. The topological polar surface area (TPSA) is 29.5 Å². The molecule has 0 saturated carbocycles. The smallest absolute Gasteiger partial charge is 0.122 e. The molecule has 1 unspecified atom stereocenters. The fourth-order valence-electron chi connectivity index (χ4n) is 3.20. The molecule has 21 heavy (non-hydrogen) atoms. The zero-order valence-electron chi connectivity index (χ0n) is 12.7. The highest BCUT2D eigenvalue weighted by molar-refractivity contribution is 5.40. The third-order valence-electron chi connectivity index (χ3n) is 4.34. The number of rotatable bonds is 4. The highest BCUT2D eigenvalue weighted by atomic mass is 16.5. The van der Waals surface area contributed by atoms with Crippen molar-refractivity contribution >= 4 is 0 Å². The van der Waals surface area contributed by atoms with Crippen LogP contribution in [-0.4, -0.2) is 11.7 Å². The predicted molar refractivity (Wildman–Crippen MR) is 84.8 cm³/mol. The van der Waals surface area contributed by atoms with Crippen LogP contribution in [0.15, 0.2) is 36.4 Å². The highest BCUT2D eigenvalue weighted by Gasteiger charge is 2.15. The van der Waals surface area contributed by atoms with Gasteiger partial charge in [0.25, 0.3) is 0 Å². The van der Waals surface area contributed by atoms with Gasteiger partial charge in [0.15, 0.2) is 0 Å². The lowest BCUT2D eigenvalue weighted by molar-refractivity contribution is 0.166. The summed E-state index contributed by atoms with van der Waals surface area (Å²) < 4.78 is 5.53. The molecule has 0 saturated heterocycles. The van der Waals surface area contributed by atoms with Gasteiger partial charge in [-0.05, 0) is 60.6 Å². The second-order valence-electron chi connectivity index (χ2n) is 5.90. The van der Waals surface area contributed by atoms with Crippen LogP contribution in [0.3, 0.4) is 0 Å². The summed E-state index contributed by atoms with van der Waals surface area (Å²) in [5.74, 6) is 1.02. The summed E-state index contributed by atoms with van der Waals surface area (Å²) in [6.07, 6.45) is 2.26. The molecule has 1 aliphatic rings. The normalized spacial score (nSPS) is 14.6. The monoisotopic (exact) mass is 282 g/mol. The van der Waals surface area contributed by atoms with E-state index in [-0.39, 0.29) is 0 Å². The number of benzene rings is 2. The molecule has 110 valence electrons. The van der Waals surface area contributed by atoms with E-state index in [1.54, 1.807) is 0 Å². The molecule has 0 bridgehead atoms. The van der Waals surface area contributed by atoms with Crippen molar-refractivity contribution in [2.75, 3.05) is 6.61 Å². The van der Waals surface area contributed by atoms with Crippen LogP contribution in [0.2, 0.25) is 0 Å². The third-order valence-corrected chi connectivity index (χ3v) is 4.34. The van der Waals surface area contributed by atoms with Crippen molar-refractivity contribution in [1.82, 2.24) is 0 Å². The first-order valence-electron chi connectivity index (χ1n) is 7.64. The molecule has 0 aromatic heterocycles. The summed E-state index contributed by atoms with van der Waals surface area (Å²) >= 11 is 0. The van der Waals surface area contributed by atoms with Gasteiger partial charge in [0, 0.05) is 6.42 Å². The zero-order chi connectivity index (χ0) is 14.8. The number of ether oxygens (including phenoxy) is 1. The van der Waals surface area contributed by atoms with Crippen molar-refractivity contribution in [3.05, 3.63) is 64.2 Å². The Morgan fingerprint density at radius 1 is 1.14 bits per heavy atom. The van der Waals surface area contributed by atoms with Crippen LogP contribution >= 0.6 is 0 Å². The molecule has 0 spiro atoms. The molecule has 1 atom stereocenters. The molecular formula is C19H22O2. The van der Waals surface area contributed by atoms with Gasteiger partial charge in [-0.2, -0.15) is 0 Å². The van der Waals surface area contributed by atoms with Gasteiger partial charge in [-0.1, -0.05) is 30.3 Å². The standard InChI is InChI=1S/C19H22O2/c1-13-4-3-5-14(2)19(13)17(20)8-6-15-7-9-18-16(12-15)10-11-21-18/h3-5,7,9,12,17,20H,6,8,10-11H2,1-2H3. The largest absolute Gasteiger partial charge is 0.493 e. The number of hydrogen-bond acceptors (Lipinski definition) is 2. The number of hydrogen-bond donors (Lipinski definition) is 1. The lowest BCUT2D eigenvalue weighted by atomic mass is 9.93. The van der Waals surface area contributed by atoms with Crippen molar-refractivity contribution in [3.63, 3.8) is 0 Å². The molecule has 2 nitrogen and oxygen atoms in total. The quantitative estimate of drug-likeness (QED) is 0.921. The molecule has 3 rings (SSSR count). The molecule has 1 N–H and O–H groups in total. The maximum absolute atomic E-state index is 10.5. The number of fused-ring (bicyclic) bond motifs is 1. The second-order valence-corrected chi connectivity index (χ2v) is 5.90.